The van der Waals surface area contributed by atoms with Gasteiger partial charge < -0.3 is 0 Å². The first-order valence-corrected chi connectivity index (χ1v) is 2.90. The predicted octanol–water partition coefficient (Wildman–Crippen LogP) is 0.460. The average Bonchev–Trinajstić information content (AvgIpc) is 0.918. The van der Waals surface area contributed by atoms with Gasteiger partial charge in [-0.05, 0) is 0 Å². The first kappa shape index (κ1) is 8.96. The first-order valence-electron chi connectivity index (χ1n) is 0.704. The van der Waals surface area contributed by atoms with Crippen molar-refractivity contribution in [2.24, 2.45) is 0 Å². The maximum atomic E-state index is 9.06. The van der Waals surface area contributed by atoms with Gasteiger partial charge in [-0.3, -0.25) is 0 Å². The SMILES string of the molecule is [CH3][Ti]=[O].[Pt]. The van der Waals surface area contributed by atoms with Crippen LogP contribution in [0, 0.1) is 0 Å². The van der Waals surface area contributed by atoms with Gasteiger partial charge in [0.15, 0.2) is 0 Å². The largest absolute Gasteiger partial charge is 0 e. The molecule has 0 aromatic carbocycles. The molecule has 0 bridgehead atoms. The van der Waals surface area contributed by atoms with E-state index in [0.29, 0.717) is 0 Å². The van der Waals surface area contributed by atoms with E-state index in [1.54, 1.807) is 5.23 Å². The monoisotopic (exact) mass is 274 g/mol. The van der Waals surface area contributed by atoms with Crippen LogP contribution < -0.4 is 0 Å². The Bertz CT molecular complexity index is 15.5. The van der Waals surface area contributed by atoms with E-state index >= 15 is 0 Å². The van der Waals surface area contributed by atoms with Crippen molar-refractivity contribution in [2.45, 2.75) is 5.23 Å². The van der Waals surface area contributed by atoms with Crippen molar-refractivity contribution in [3.63, 3.8) is 0 Å². The van der Waals surface area contributed by atoms with Crippen LogP contribution in [0.1, 0.15) is 0 Å². The second kappa shape index (κ2) is 8.88. The Labute approximate surface area is 48.7 Å². The molecule has 0 rings (SSSR count). The quantitative estimate of drug-likeness (QED) is 0.586. The van der Waals surface area contributed by atoms with Gasteiger partial charge in [0.1, 0.15) is 0 Å². The molecule has 0 fully saturated rings. The molecule has 3 heteroatoms. The molecule has 0 amide bonds. The summed E-state index contributed by atoms with van der Waals surface area (Å²) >= 11 is -0.750. The Kier molecular flexibility index (Phi) is 19.9. The average molecular weight is 274 g/mol. The van der Waals surface area contributed by atoms with E-state index in [0.717, 1.165) is 0 Å². The zero-order chi connectivity index (χ0) is 2.71. The summed E-state index contributed by atoms with van der Waals surface area (Å²) < 4.78 is 9.06. The molecule has 0 unspecified atom stereocenters. The molecule has 0 saturated heterocycles. The van der Waals surface area contributed by atoms with E-state index < -0.39 is 19.1 Å². The standard InChI is InChI=1S/CH3.O.Pt.Ti/h1H3;;;. The summed E-state index contributed by atoms with van der Waals surface area (Å²) in [6, 6.07) is 0. The van der Waals surface area contributed by atoms with E-state index in [1.165, 1.54) is 0 Å². The molecule has 0 heterocycles. The van der Waals surface area contributed by atoms with Gasteiger partial charge in [-0.2, -0.15) is 0 Å². The van der Waals surface area contributed by atoms with Crippen LogP contribution in [0.3, 0.4) is 0 Å². The van der Waals surface area contributed by atoms with Crippen LogP contribution in [-0.4, -0.2) is 0 Å². The third-order valence-electron chi connectivity index (χ3n) is 0. The summed E-state index contributed by atoms with van der Waals surface area (Å²) in [5.41, 5.74) is 0. The third kappa shape index (κ3) is 10.7. The Balaban J connectivity index is 0. The fraction of sp³-hybridized carbons (Fsp3) is 1.00. The molecule has 27 valence electrons. The molecule has 0 aliphatic carbocycles. The van der Waals surface area contributed by atoms with E-state index in [9.17, 15) is 0 Å². The molecule has 0 aliphatic heterocycles. The van der Waals surface area contributed by atoms with E-state index in [1.807, 2.05) is 0 Å². The summed E-state index contributed by atoms with van der Waals surface area (Å²) in [6.07, 6.45) is 0. The van der Waals surface area contributed by atoms with Crippen molar-refractivity contribution in [1.29, 1.82) is 0 Å². The summed E-state index contributed by atoms with van der Waals surface area (Å²) in [5, 5.41) is 1.69. The fourth-order valence-electron chi connectivity index (χ4n) is 0. The molecular formula is CH3OPtTi. The van der Waals surface area contributed by atoms with Gasteiger partial charge in [0.2, 0.25) is 0 Å². The molecule has 0 spiro atoms. The van der Waals surface area contributed by atoms with Crippen molar-refractivity contribution in [2.75, 3.05) is 0 Å². The van der Waals surface area contributed by atoms with E-state index in [-0.39, 0.29) is 21.1 Å². The predicted molar refractivity (Wildman–Crippen MR) is 6.55 cm³/mol. The van der Waals surface area contributed by atoms with Crippen molar-refractivity contribution in [3.05, 3.63) is 0 Å². The Morgan fingerprint density at radius 3 is 1.75 bits per heavy atom. The molecule has 0 N–H and O–H groups in total. The molecule has 0 aromatic heterocycles. The maximum Gasteiger partial charge on any atom is 0 e. The van der Waals surface area contributed by atoms with Crippen LogP contribution in [0.25, 0.3) is 0 Å². The third-order valence-corrected chi connectivity index (χ3v) is 0. The van der Waals surface area contributed by atoms with E-state index in [4.69, 9.17) is 3.32 Å². The van der Waals surface area contributed by atoms with Crippen molar-refractivity contribution in [3.8, 4) is 0 Å². The summed E-state index contributed by atoms with van der Waals surface area (Å²) in [6.45, 7) is 0. The minimum absolute atomic E-state index is 0. The molecule has 0 radical (unpaired) electrons. The van der Waals surface area contributed by atoms with E-state index in [2.05, 4.69) is 0 Å². The van der Waals surface area contributed by atoms with Gasteiger partial charge in [-0.1, -0.05) is 0 Å². The van der Waals surface area contributed by atoms with Gasteiger partial charge in [-0.25, -0.2) is 0 Å². The van der Waals surface area contributed by atoms with Crippen LogP contribution in [0.2, 0.25) is 5.23 Å². The number of hydrogen-bond donors (Lipinski definition) is 0. The Morgan fingerprint density at radius 2 is 1.75 bits per heavy atom. The molecule has 0 aromatic rings. The zero-order valence-electron chi connectivity index (χ0n) is 2.22. The second-order valence-corrected chi connectivity index (χ2v) is 0.842. The summed E-state index contributed by atoms with van der Waals surface area (Å²) in [4.78, 5) is 0. The number of rotatable bonds is 0. The second-order valence-electron chi connectivity index (χ2n) is 0.204. The maximum absolute atomic E-state index is 9.06. The van der Waals surface area contributed by atoms with Gasteiger partial charge in [0, 0.05) is 21.1 Å². The normalized spacial score (nSPS) is 2.25. The Morgan fingerprint density at radius 1 is 1.75 bits per heavy atom. The van der Waals surface area contributed by atoms with Gasteiger partial charge in [0.25, 0.3) is 0 Å². The van der Waals surface area contributed by atoms with Crippen molar-refractivity contribution in [1.82, 2.24) is 0 Å². The minimum atomic E-state index is -0.750. The zero-order valence-corrected chi connectivity index (χ0v) is 6.06. The van der Waals surface area contributed by atoms with Gasteiger partial charge in [0.05, 0.1) is 0 Å². The Hall–Kier alpha value is 1.20. The minimum Gasteiger partial charge on any atom is 0 e. The molecule has 0 saturated carbocycles. The van der Waals surface area contributed by atoms with Gasteiger partial charge >= 0.3 is 27.7 Å². The summed E-state index contributed by atoms with van der Waals surface area (Å²) in [7, 11) is 0. The molecule has 4 heavy (non-hydrogen) atoms. The van der Waals surface area contributed by atoms with Crippen LogP contribution >= 0.6 is 0 Å². The summed E-state index contributed by atoms with van der Waals surface area (Å²) in [5.74, 6) is 0. The van der Waals surface area contributed by atoms with Crippen LogP contribution in [0.4, 0.5) is 0 Å². The topological polar surface area (TPSA) is 17.1 Å². The fourth-order valence-corrected chi connectivity index (χ4v) is 0. The van der Waals surface area contributed by atoms with Crippen LogP contribution in [0.5, 0.6) is 0 Å². The molecule has 0 atom stereocenters. The number of hydrogen-bond acceptors (Lipinski definition) is 1. The first-order chi connectivity index (χ1) is 1.41. The smallest absolute Gasteiger partial charge is 0 e. The van der Waals surface area contributed by atoms with Crippen LogP contribution in [0.15, 0.2) is 0 Å². The molecule has 0 aliphatic rings. The molecular weight excluding hydrogens is 271 g/mol. The van der Waals surface area contributed by atoms with Crippen LogP contribution in [-0.2, 0) is 43.5 Å². The molecule has 1 nitrogen and oxygen atoms in total. The van der Waals surface area contributed by atoms with Crippen molar-refractivity contribution < 1.29 is 43.5 Å². The van der Waals surface area contributed by atoms with Crippen molar-refractivity contribution >= 4 is 0 Å². The van der Waals surface area contributed by atoms with Gasteiger partial charge in [-0.15, -0.1) is 0 Å².